The lowest BCUT2D eigenvalue weighted by molar-refractivity contribution is -0.123. The molecule has 2 N–H and O–H groups in total. The molecule has 1 aromatic rings. The van der Waals surface area contributed by atoms with Crippen molar-refractivity contribution < 1.29 is 4.79 Å². The first-order valence-corrected chi connectivity index (χ1v) is 7.85. The topological polar surface area (TPSA) is 44.4 Å². The van der Waals surface area contributed by atoms with E-state index in [0.29, 0.717) is 23.7 Å². The molecule has 21 heavy (non-hydrogen) atoms. The number of hydrogen-bond donors (Lipinski definition) is 2. The van der Waals surface area contributed by atoms with E-state index in [1.807, 2.05) is 31.2 Å². The van der Waals surface area contributed by atoms with Crippen molar-refractivity contribution in [3.63, 3.8) is 0 Å². The Kier molecular flexibility index (Phi) is 5.62. The second-order valence-corrected chi connectivity index (χ2v) is 6.38. The Hall–Kier alpha value is -1.10. The molecule has 1 aliphatic rings. The average Bonchev–Trinajstić information content (AvgIpc) is 2.37. The summed E-state index contributed by atoms with van der Waals surface area (Å²) in [5.74, 6) is 0.0451. The maximum Gasteiger partial charge on any atom is 0.234 e. The number of piperazine rings is 1. The highest BCUT2D eigenvalue weighted by Gasteiger charge is 2.23. The predicted octanol–water partition coefficient (Wildman–Crippen LogP) is 2.20. The summed E-state index contributed by atoms with van der Waals surface area (Å²) in [7, 11) is 0. The van der Waals surface area contributed by atoms with E-state index in [2.05, 4.69) is 29.4 Å². The van der Waals surface area contributed by atoms with Crippen LogP contribution in [0, 0.1) is 0 Å². The van der Waals surface area contributed by atoms with Crippen LogP contribution in [-0.4, -0.2) is 42.5 Å². The fourth-order valence-corrected chi connectivity index (χ4v) is 3.26. The second-order valence-electron chi connectivity index (χ2n) is 5.97. The fraction of sp³-hybridized carbons (Fsp3) is 0.562. The van der Waals surface area contributed by atoms with Gasteiger partial charge in [-0.05, 0) is 32.4 Å². The monoisotopic (exact) mass is 309 g/mol. The summed E-state index contributed by atoms with van der Waals surface area (Å²) in [6.07, 6.45) is 0. The van der Waals surface area contributed by atoms with Crippen LogP contribution < -0.4 is 10.6 Å². The molecule has 1 amide bonds. The third kappa shape index (κ3) is 4.70. The van der Waals surface area contributed by atoms with E-state index in [1.165, 1.54) is 0 Å². The molecule has 3 unspecified atom stereocenters. The largest absolute Gasteiger partial charge is 0.348 e. The molecule has 0 bridgehead atoms. The van der Waals surface area contributed by atoms with E-state index in [9.17, 15) is 4.79 Å². The summed E-state index contributed by atoms with van der Waals surface area (Å²) in [6.45, 7) is 8.49. The van der Waals surface area contributed by atoms with Crippen LogP contribution in [0.1, 0.15) is 32.4 Å². The van der Waals surface area contributed by atoms with Crippen molar-refractivity contribution in [3.05, 3.63) is 34.9 Å². The third-order valence-corrected chi connectivity index (χ3v) is 4.09. The molecule has 1 fully saturated rings. The summed E-state index contributed by atoms with van der Waals surface area (Å²) in [5.41, 5.74) is 0.953. The van der Waals surface area contributed by atoms with Gasteiger partial charge in [-0.3, -0.25) is 9.69 Å². The summed E-state index contributed by atoms with van der Waals surface area (Å²) in [5, 5.41) is 7.18. The van der Waals surface area contributed by atoms with Gasteiger partial charge in [-0.1, -0.05) is 29.8 Å². The minimum atomic E-state index is -0.0797. The van der Waals surface area contributed by atoms with Gasteiger partial charge in [0, 0.05) is 30.2 Å². The first kappa shape index (κ1) is 16.3. The van der Waals surface area contributed by atoms with Crippen LogP contribution in [0.3, 0.4) is 0 Å². The molecule has 4 nitrogen and oxygen atoms in total. The molecule has 0 spiro atoms. The predicted molar refractivity (Wildman–Crippen MR) is 86.5 cm³/mol. The zero-order valence-corrected chi connectivity index (χ0v) is 13.7. The molecule has 116 valence electrons. The highest BCUT2D eigenvalue weighted by molar-refractivity contribution is 6.31. The molecule has 1 aromatic carbocycles. The van der Waals surface area contributed by atoms with Crippen LogP contribution in [0.15, 0.2) is 24.3 Å². The lowest BCUT2D eigenvalue weighted by Crippen LogP contribution is -2.56. The molecule has 2 rings (SSSR count). The minimum absolute atomic E-state index is 0.0451. The van der Waals surface area contributed by atoms with Gasteiger partial charge in [-0.15, -0.1) is 0 Å². The van der Waals surface area contributed by atoms with Crippen LogP contribution in [0.2, 0.25) is 5.02 Å². The number of carbonyl (C=O) groups excluding carboxylic acids is 1. The van der Waals surface area contributed by atoms with Gasteiger partial charge in [-0.25, -0.2) is 0 Å². The Balaban J connectivity index is 1.88. The molecule has 0 saturated carbocycles. The van der Waals surface area contributed by atoms with E-state index in [-0.39, 0.29) is 11.9 Å². The second kappa shape index (κ2) is 7.25. The minimum Gasteiger partial charge on any atom is -0.348 e. The summed E-state index contributed by atoms with van der Waals surface area (Å²) in [6, 6.07) is 8.38. The Bertz CT molecular complexity index is 484. The zero-order chi connectivity index (χ0) is 15.4. The lowest BCUT2D eigenvalue weighted by atomic mass is 10.1. The van der Waals surface area contributed by atoms with Crippen molar-refractivity contribution in [3.8, 4) is 0 Å². The average molecular weight is 310 g/mol. The highest BCUT2D eigenvalue weighted by Crippen LogP contribution is 2.22. The third-order valence-electron chi connectivity index (χ3n) is 3.75. The number of nitrogens with zero attached hydrogens (tertiary/aromatic N) is 1. The quantitative estimate of drug-likeness (QED) is 0.896. The molecule has 5 heteroatoms. The van der Waals surface area contributed by atoms with Gasteiger partial charge in [0.05, 0.1) is 12.6 Å². The zero-order valence-electron chi connectivity index (χ0n) is 12.9. The Morgan fingerprint density at radius 3 is 2.62 bits per heavy atom. The van der Waals surface area contributed by atoms with Crippen molar-refractivity contribution in [1.82, 2.24) is 15.5 Å². The SMILES string of the molecule is CC1CN(CC(=O)NC(C)c2ccccc2Cl)CC(C)N1. The molecular weight excluding hydrogens is 286 g/mol. The van der Waals surface area contributed by atoms with Gasteiger partial charge in [0.15, 0.2) is 0 Å². The van der Waals surface area contributed by atoms with Crippen LogP contribution >= 0.6 is 11.6 Å². The fourth-order valence-electron chi connectivity index (χ4n) is 2.96. The van der Waals surface area contributed by atoms with Gasteiger partial charge in [-0.2, -0.15) is 0 Å². The van der Waals surface area contributed by atoms with Crippen LogP contribution in [0.25, 0.3) is 0 Å². The molecule has 1 heterocycles. The molecule has 1 aliphatic heterocycles. The molecule has 1 saturated heterocycles. The van der Waals surface area contributed by atoms with E-state index < -0.39 is 0 Å². The van der Waals surface area contributed by atoms with Gasteiger partial charge < -0.3 is 10.6 Å². The first-order valence-electron chi connectivity index (χ1n) is 7.48. The van der Waals surface area contributed by atoms with Crippen molar-refractivity contribution in [2.45, 2.75) is 38.9 Å². The Morgan fingerprint density at radius 2 is 2.00 bits per heavy atom. The van der Waals surface area contributed by atoms with Crippen LogP contribution in [0.5, 0.6) is 0 Å². The number of amides is 1. The van der Waals surface area contributed by atoms with Gasteiger partial charge >= 0.3 is 0 Å². The number of rotatable bonds is 4. The smallest absolute Gasteiger partial charge is 0.234 e. The number of nitrogens with one attached hydrogen (secondary N) is 2. The molecule has 0 aromatic heterocycles. The molecule has 3 atom stereocenters. The number of benzene rings is 1. The van der Waals surface area contributed by atoms with Crippen LogP contribution in [-0.2, 0) is 4.79 Å². The van der Waals surface area contributed by atoms with Crippen molar-refractivity contribution in [2.75, 3.05) is 19.6 Å². The Labute approximate surface area is 131 Å². The Morgan fingerprint density at radius 1 is 1.38 bits per heavy atom. The van der Waals surface area contributed by atoms with E-state index >= 15 is 0 Å². The molecule has 0 radical (unpaired) electrons. The summed E-state index contributed by atoms with van der Waals surface area (Å²) < 4.78 is 0. The first-order chi connectivity index (χ1) is 9.95. The summed E-state index contributed by atoms with van der Waals surface area (Å²) in [4.78, 5) is 14.4. The standard InChI is InChI=1S/C16H24ClN3O/c1-11-8-20(9-12(2)18-11)10-16(21)19-13(3)14-6-4-5-7-15(14)17/h4-7,11-13,18H,8-10H2,1-3H3,(H,19,21). The molecule has 0 aliphatic carbocycles. The van der Waals surface area contributed by atoms with Crippen LogP contribution in [0.4, 0.5) is 0 Å². The van der Waals surface area contributed by atoms with Gasteiger partial charge in [0.25, 0.3) is 0 Å². The lowest BCUT2D eigenvalue weighted by Gasteiger charge is -2.35. The number of halogens is 1. The van der Waals surface area contributed by atoms with E-state index in [1.54, 1.807) is 0 Å². The van der Waals surface area contributed by atoms with Crippen molar-refractivity contribution in [2.24, 2.45) is 0 Å². The normalized spacial score (nSPS) is 24.6. The highest BCUT2D eigenvalue weighted by atomic mass is 35.5. The van der Waals surface area contributed by atoms with Gasteiger partial charge in [0.1, 0.15) is 0 Å². The number of hydrogen-bond acceptors (Lipinski definition) is 3. The van der Waals surface area contributed by atoms with E-state index in [0.717, 1.165) is 18.7 Å². The van der Waals surface area contributed by atoms with Crippen molar-refractivity contribution in [1.29, 1.82) is 0 Å². The van der Waals surface area contributed by atoms with Crippen molar-refractivity contribution >= 4 is 17.5 Å². The maximum atomic E-state index is 12.2. The number of carbonyl (C=O) groups is 1. The molecular formula is C16H24ClN3O. The van der Waals surface area contributed by atoms with E-state index in [4.69, 9.17) is 11.6 Å². The maximum absolute atomic E-state index is 12.2. The van der Waals surface area contributed by atoms with Gasteiger partial charge in [0.2, 0.25) is 5.91 Å². The summed E-state index contributed by atoms with van der Waals surface area (Å²) >= 11 is 6.16.